The summed E-state index contributed by atoms with van der Waals surface area (Å²) >= 11 is 0. The molecule has 0 atom stereocenters. The van der Waals surface area contributed by atoms with Crippen molar-refractivity contribution in [3.05, 3.63) is 65.7 Å². The van der Waals surface area contributed by atoms with Gasteiger partial charge in [-0.05, 0) is 56.2 Å². The van der Waals surface area contributed by atoms with E-state index in [1.807, 2.05) is 43.5 Å². The molecule has 1 aliphatic heterocycles. The number of amides is 3. The molecule has 6 rings (SSSR count). The zero-order valence-corrected chi connectivity index (χ0v) is 18.2. The van der Waals surface area contributed by atoms with E-state index in [2.05, 4.69) is 31.5 Å². The van der Waals surface area contributed by atoms with Gasteiger partial charge in [-0.3, -0.25) is 10.1 Å². The largest absolute Gasteiger partial charge is 0.367 e. The van der Waals surface area contributed by atoms with Crippen molar-refractivity contribution in [3.63, 3.8) is 0 Å². The summed E-state index contributed by atoms with van der Waals surface area (Å²) in [6.07, 6.45) is 9.04. The van der Waals surface area contributed by atoms with Gasteiger partial charge in [0.2, 0.25) is 0 Å². The first-order valence-corrected chi connectivity index (χ1v) is 10.9. The summed E-state index contributed by atoms with van der Waals surface area (Å²) in [5.41, 5.74) is 4.07. The molecule has 0 unspecified atom stereocenters. The second-order valence-corrected chi connectivity index (χ2v) is 8.28. The van der Waals surface area contributed by atoms with Crippen LogP contribution in [0, 0.1) is 6.92 Å². The lowest BCUT2D eigenvalue weighted by atomic mass is 10.2. The number of fused-ring (bicyclic) bond motifs is 1. The Morgan fingerprint density at radius 3 is 2.62 bits per heavy atom. The third-order valence-corrected chi connectivity index (χ3v) is 5.75. The molecule has 11 heteroatoms. The van der Waals surface area contributed by atoms with Crippen molar-refractivity contribution in [3.8, 4) is 5.69 Å². The number of aromatic nitrogens is 5. The number of hydrogen-bond donors (Lipinski definition) is 4. The molecule has 34 heavy (non-hydrogen) atoms. The van der Waals surface area contributed by atoms with E-state index >= 15 is 0 Å². The molecule has 170 valence electrons. The summed E-state index contributed by atoms with van der Waals surface area (Å²) in [6.45, 7) is 1.99. The van der Waals surface area contributed by atoms with Crippen LogP contribution >= 0.6 is 0 Å². The number of anilines is 3. The number of benzene rings is 1. The number of carbonyl (C=O) groups excluding carboxylic acids is 2. The maximum absolute atomic E-state index is 12.0. The third-order valence-electron chi connectivity index (χ3n) is 5.75. The lowest BCUT2D eigenvalue weighted by Crippen LogP contribution is -2.22. The molecule has 3 amide bonds. The molecule has 3 aromatic heterocycles. The van der Waals surface area contributed by atoms with Crippen LogP contribution in [-0.2, 0) is 4.79 Å². The molecule has 4 N–H and O–H groups in total. The molecule has 4 aromatic rings. The van der Waals surface area contributed by atoms with Crippen LogP contribution in [0.5, 0.6) is 0 Å². The van der Waals surface area contributed by atoms with Crippen LogP contribution in [0.4, 0.5) is 22.1 Å². The smallest absolute Gasteiger partial charge is 0.326 e. The van der Waals surface area contributed by atoms with Crippen molar-refractivity contribution >= 4 is 41.0 Å². The summed E-state index contributed by atoms with van der Waals surface area (Å²) in [5.74, 6) is 1.03. The summed E-state index contributed by atoms with van der Waals surface area (Å²) < 4.78 is 3.53. The molecule has 0 radical (unpaired) electrons. The molecule has 2 aliphatic rings. The van der Waals surface area contributed by atoms with Crippen LogP contribution in [0.1, 0.15) is 24.0 Å². The van der Waals surface area contributed by atoms with Crippen LogP contribution < -0.4 is 21.3 Å². The Kier molecular flexibility index (Phi) is 4.54. The molecule has 1 aromatic carbocycles. The number of imide groups is 1. The average Bonchev–Trinajstić information content (AvgIpc) is 3.18. The van der Waals surface area contributed by atoms with Gasteiger partial charge < -0.3 is 16.0 Å². The second kappa shape index (κ2) is 7.73. The van der Waals surface area contributed by atoms with Gasteiger partial charge in [-0.2, -0.15) is 14.7 Å². The normalized spacial score (nSPS) is 16.7. The Morgan fingerprint density at radius 2 is 1.94 bits per heavy atom. The number of nitrogens with zero attached hydrogens (tertiary/aromatic N) is 5. The Balaban J connectivity index is 1.39. The van der Waals surface area contributed by atoms with Crippen LogP contribution in [0.2, 0.25) is 0 Å². The maximum atomic E-state index is 12.0. The summed E-state index contributed by atoms with van der Waals surface area (Å²) in [7, 11) is 0. The predicted octanol–water partition coefficient (Wildman–Crippen LogP) is 2.72. The van der Waals surface area contributed by atoms with Gasteiger partial charge in [-0.1, -0.05) is 0 Å². The van der Waals surface area contributed by atoms with Gasteiger partial charge in [-0.15, -0.1) is 0 Å². The van der Waals surface area contributed by atoms with E-state index in [1.165, 1.54) is 0 Å². The van der Waals surface area contributed by atoms with E-state index in [0.29, 0.717) is 23.1 Å². The average molecular weight is 455 g/mol. The number of rotatable bonds is 6. The summed E-state index contributed by atoms with van der Waals surface area (Å²) in [4.78, 5) is 28.3. The van der Waals surface area contributed by atoms with Crippen molar-refractivity contribution in [1.82, 2.24) is 35.0 Å². The lowest BCUT2D eigenvalue weighted by molar-refractivity contribution is -0.115. The van der Waals surface area contributed by atoms with Crippen LogP contribution in [0.25, 0.3) is 17.4 Å². The SMILES string of the molecule is Cc1c(Nc2ccc(-n3cccn3)cc2)nc2c(/C=C3\NC(=O)NC3=O)cnn2c1NC1CC1. The fourth-order valence-corrected chi connectivity index (χ4v) is 3.80. The third kappa shape index (κ3) is 3.62. The molecular formula is C23H21N9O2. The number of nitrogens with one attached hydrogen (secondary N) is 4. The van der Waals surface area contributed by atoms with Crippen molar-refractivity contribution in [2.75, 3.05) is 10.6 Å². The number of urea groups is 1. The minimum absolute atomic E-state index is 0.155. The van der Waals surface area contributed by atoms with Gasteiger partial charge >= 0.3 is 6.03 Å². The van der Waals surface area contributed by atoms with Gasteiger partial charge in [0.15, 0.2) is 5.65 Å². The van der Waals surface area contributed by atoms with E-state index < -0.39 is 11.9 Å². The summed E-state index contributed by atoms with van der Waals surface area (Å²) in [5, 5.41) is 20.4. The van der Waals surface area contributed by atoms with Crippen LogP contribution in [0.3, 0.4) is 0 Å². The molecule has 1 saturated carbocycles. The van der Waals surface area contributed by atoms with Crippen LogP contribution in [0.15, 0.2) is 54.6 Å². The Labute approximate surface area is 193 Å². The van der Waals surface area contributed by atoms with Gasteiger partial charge in [0.05, 0.1) is 11.9 Å². The van der Waals surface area contributed by atoms with E-state index in [1.54, 1.807) is 27.7 Å². The highest BCUT2D eigenvalue weighted by Gasteiger charge is 2.26. The van der Waals surface area contributed by atoms with Crippen molar-refractivity contribution < 1.29 is 9.59 Å². The first-order valence-electron chi connectivity index (χ1n) is 10.9. The number of carbonyl (C=O) groups is 2. The first kappa shape index (κ1) is 20.0. The zero-order chi connectivity index (χ0) is 23.2. The highest BCUT2D eigenvalue weighted by Crippen LogP contribution is 2.32. The van der Waals surface area contributed by atoms with Gasteiger partial charge in [-0.25, -0.2) is 14.5 Å². The molecule has 0 bridgehead atoms. The zero-order valence-electron chi connectivity index (χ0n) is 18.2. The molecule has 1 aliphatic carbocycles. The molecule has 1 saturated heterocycles. The fourth-order valence-electron chi connectivity index (χ4n) is 3.80. The van der Waals surface area contributed by atoms with E-state index in [9.17, 15) is 9.59 Å². The maximum Gasteiger partial charge on any atom is 0.326 e. The van der Waals surface area contributed by atoms with Gasteiger partial charge in [0.1, 0.15) is 17.3 Å². The molecule has 2 fully saturated rings. The molecule has 0 spiro atoms. The van der Waals surface area contributed by atoms with E-state index in [4.69, 9.17) is 4.98 Å². The Hall–Kier alpha value is -4.67. The second-order valence-electron chi connectivity index (χ2n) is 8.28. The van der Waals surface area contributed by atoms with Gasteiger partial charge in [0, 0.05) is 35.2 Å². The standard InChI is InChI=1S/C23H21N9O2/c1-13-19(26-15-5-7-17(8-6-15)31-10-2-9-24-31)29-21-14(11-18-22(33)30-23(34)28-18)12-25-32(21)20(13)27-16-3-4-16/h2,5-12,16,27H,3-4H2,1H3,(H,26,29)(H2,28,30,33,34)/b18-11-. The fraction of sp³-hybridized carbons (Fsp3) is 0.174. The van der Waals surface area contributed by atoms with Crippen molar-refractivity contribution in [1.29, 1.82) is 0 Å². The highest BCUT2D eigenvalue weighted by atomic mass is 16.2. The summed E-state index contributed by atoms with van der Waals surface area (Å²) in [6, 6.07) is 9.61. The highest BCUT2D eigenvalue weighted by molar-refractivity contribution is 6.14. The Morgan fingerprint density at radius 1 is 1.12 bits per heavy atom. The van der Waals surface area contributed by atoms with Gasteiger partial charge in [0.25, 0.3) is 5.91 Å². The van der Waals surface area contributed by atoms with Crippen molar-refractivity contribution in [2.45, 2.75) is 25.8 Å². The molecule has 11 nitrogen and oxygen atoms in total. The Bertz CT molecular complexity index is 1450. The minimum Gasteiger partial charge on any atom is -0.367 e. The number of hydrogen-bond acceptors (Lipinski definition) is 7. The first-order chi connectivity index (χ1) is 16.5. The monoisotopic (exact) mass is 455 g/mol. The lowest BCUT2D eigenvalue weighted by Gasteiger charge is -2.16. The van der Waals surface area contributed by atoms with E-state index in [0.717, 1.165) is 35.6 Å². The van der Waals surface area contributed by atoms with E-state index in [-0.39, 0.29) is 5.70 Å². The quantitative estimate of drug-likeness (QED) is 0.260. The van der Waals surface area contributed by atoms with Crippen molar-refractivity contribution in [2.24, 2.45) is 0 Å². The molecule has 4 heterocycles. The molecular weight excluding hydrogens is 434 g/mol. The minimum atomic E-state index is -0.548. The predicted molar refractivity (Wildman–Crippen MR) is 126 cm³/mol. The topological polar surface area (TPSA) is 130 Å². The van der Waals surface area contributed by atoms with Crippen LogP contribution in [-0.4, -0.2) is 42.4 Å².